The van der Waals surface area contributed by atoms with Crippen LogP contribution in [-0.4, -0.2) is 11.7 Å². The van der Waals surface area contributed by atoms with E-state index in [2.05, 4.69) is 31.2 Å². The Balaban J connectivity index is 1.71. The van der Waals surface area contributed by atoms with Gasteiger partial charge in [-0.1, -0.05) is 48.0 Å². The average molecular weight is 394 g/mol. The highest BCUT2D eigenvalue weighted by Gasteiger charge is 2.09. The van der Waals surface area contributed by atoms with Crippen molar-refractivity contribution in [2.45, 2.75) is 39.4 Å². The molecule has 0 amide bonds. The van der Waals surface area contributed by atoms with Gasteiger partial charge in [0, 0.05) is 6.61 Å². The third-order valence-corrected chi connectivity index (χ3v) is 4.70. The molecular formula is C25H27FO3. The number of unbranched alkanes of at least 4 members (excludes halogenated alkanes) is 1. The van der Waals surface area contributed by atoms with E-state index < -0.39 is 0 Å². The van der Waals surface area contributed by atoms with Crippen LogP contribution in [0.2, 0.25) is 0 Å². The molecule has 152 valence electrons. The summed E-state index contributed by atoms with van der Waals surface area (Å²) >= 11 is 0. The maximum absolute atomic E-state index is 13.1. The molecule has 0 saturated heterocycles. The minimum atomic E-state index is -0.261. The zero-order valence-electron chi connectivity index (χ0n) is 16.7. The van der Waals surface area contributed by atoms with Gasteiger partial charge in [0.1, 0.15) is 19.0 Å². The van der Waals surface area contributed by atoms with Crippen molar-refractivity contribution in [3.63, 3.8) is 0 Å². The topological polar surface area (TPSA) is 38.7 Å². The van der Waals surface area contributed by atoms with Crippen molar-refractivity contribution in [2.75, 3.05) is 6.61 Å². The molecule has 0 atom stereocenters. The van der Waals surface area contributed by atoms with Gasteiger partial charge in [-0.15, -0.1) is 0 Å². The summed E-state index contributed by atoms with van der Waals surface area (Å²) in [5.41, 5.74) is 4.34. The highest BCUT2D eigenvalue weighted by molar-refractivity contribution is 5.43. The van der Waals surface area contributed by atoms with Crippen LogP contribution in [0.5, 0.6) is 11.5 Å². The minimum absolute atomic E-state index is 0.204. The molecule has 0 spiro atoms. The van der Waals surface area contributed by atoms with Crippen molar-refractivity contribution in [2.24, 2.45) is 0 Å². The van der Waals surface area contributed by atoms with Gasteiger partial charge in [-0.3, -0.25) is 0 Å². The number of aliphatic hydroxyl groups is 1. The summed E-state index contributed by atoms with van der Waals surface area (Å²) in [6, 6.07) is 20.5. The first kappa shape index (κ1) is 20.9. The molecule has 0 aliphatic carbocycles. The summed E-state index contributed by atoms with van der Waals surface area (Å²) in [4.78, 5) is 0. The van der Waals surface area contributed by atoms with E-state index in [0.29, 0.717) is 24.7 Å². The zero-order chi connectivity index (χ0) is 20.5. The zero-order valence-corrected chi connectivity index (χ0v) is 16.7. The van der Waals surface area contributed by atoms with Crippen molar-refractivity contribution in [3.8, 4) is 11.5 Å². The number of halogens is 1. The Kier molecular flexibility index (Phi) is 7.65. The predicted molar refractivity (Wildman–Crippen MR) is 113 cm³/mol. The van der Waals surface area contributed by atoms with Gasteiger partial charge in [-0.2, -0.15) is 0 Å². The second-order valence-corrected chi connectivity index (χ2v) is 7.15. The van der Waals surface area contributed by atoms with Crippen LogP contribution in [0.4, 0.5) is 4.39 Å². The van der Waals surface area contributed by atoms with Crippen molar-refractivity contribution < 1.29 is 19.0 Å². The van der Waals surface area contributed by atoms with E-state index in [4.69, 9.17) is 14.6 Å². The third kappa shape index (κ3) is 6.61. The number of rotatable bonds is 10. The fraction of sp³-hybridized carbons (Fsp3) is 0.280. The van der Waals surface area contributed by atoms with Crippen LogP contribution in [-0.2, 0) is 19.6 Å². The highest BCUT2D eigenvalue weighted by Crippen LogP contribution is 2.30. The molecule has 3 nitrogen and oxygen atoms in total. The van der Waals surface area contributed by atoms with Gasteiger partial charge < -0.3 is 14.6 Å². The van der Waals surface area contributed by atoms with Crippen LogP contribution in [0.15, 0.2) is 66.7 Å². The molecule has 3 aromatic rings. The summed E-state index contributed by atoms with van der Waals surface area (Å²) in [6.07, 6.45) is 2.58. The molecule has 0 heterocycles. The van der Waals surface area contributed by atoms with Gasteiger partial charge in [0.25, 0.3) is 0 Å². The molecule has 0 aliphatic heterocycles. The molecule has 0 saturated carbocycles. The number of hydrogen-bond donors (Lipinski definition) is 1. The number of aryl methyl sites for hydroxylation is 2. The summed E-state index contributed by atoms with van der Waals surface area (Å²) in [5.74, 6) is 1.09. The Hall–Kier alpha value is -2.85. The first-order chi connectivity index (χ1) is 14.1. The van der Waals surface area contributed by atoms with Crippen molar-refractivity contribution in [3.05, 3.63) is 94.8 Å². The van der Waals surface area contributed by atoms with Crippen molar-refractivity contribution in [1.82, 2.24) is 0 Å². The summed E-state index contributed by atoms with van der Waals surface area (Å²) in [6.45, 7) is 3.05. The summed E-state index contributed by atoms with van der Waals surface area (Å²) < 4.78 is 25.1. The molecule has 0 unspecified atom stereocenters. The van der Waals surface area contributed by atoms with Gasteiger partial charge >= 0.3 is 0 Å². The fourth-order valence-electron chi connectivity index (χ4n) is 2.97. The first-order valence-electron chi connectivity index (χ1n) is 9.93. The lowest BCUT2D eigenvalue weighted by atomic mass is 10.1. The van der Waals surface area contributed by atoms with Gasteiger partial charge in [0.05, 0.1) is 0 Å². The molecule has 0 aliphatic rings. The lowest BCUT2D eigenvalue weighted by Crippen LogP contribution is -2.02. The monoisotopic (exact) mass is 394 g/mol. The Morgan fingerprint density at radius 3 is 1.97 bits per heavy atom. The Labute approximate surface area is 171 Å². The number of hydrogen-bond acceptors (Lipinski definition) is 3. The van der Waals surface area contributed by atoms with Crippen LogP contribution in [0, 0.1) is 12.7 Å². The molecule has 0 aromatic heterocycles. The largest absolute Gasteiger partial charge is 0.485 e. The minimum Gasteiger partial charge on any atom is -0.485 e. The predicted octanol–water partition coefficient (Wildman–Crippen LogP) is 5.61. The number of benzene rings is 3. The molecule has 3 rings (SSSR count). The molecular weight excluding hydrogens is 367 g/mol. The van der Waals surface area contributed by atoms with Crippen molar-refractivity contribution in [1.29, 1.82) is 0 Å². The fourth-order valence-corrected chi connectivity index (χ4v) is 2.97. The Morgan fingerprint density at radius 2 is 1.31 bits per heavy atom. The van der Waals surface area contributed by atoms with E-state index in [1.54, 1.807) is 12.1 Å². The van der Waals surface area contributed by atoms with E-state index in [0.717, 1.165) is 36.0 Å². The highest BCUT2D eigenvalue weighted by atomic mass is 19.1. The van der Waals surface area contributed by atoms with E-state index in [-0.39, 0.29) is 12.4 Å². The van der Waals surface area contributed by atoms with Gasteiger partial charge in [0.2, 0.25) is 0 Å². The third-order valence-electron chi connectivity index (χ3n) is 4.70. The first-order valence-corrected chi connectivity index (χ1v) is 9.93. The van der Waals surface area contributed by atoms with Crippen LogP contribution >= 0.6 is 0 Å². The molecule has 29 heavy (non-hydrogen) atoms. The SMILES string of the molecule is Cc1ccc(COc2cc(CCCCO)ccc2OCc2ccc(F)cc2)cc1. The summed E-state index contributed by atoms with van der Waals surface area (Å²) in [7, 11) is 0. The molecule has 0 bridgehead atoms. The second-order valence-electron chi connectivity index (χ2n) is 7.15. The molecule has 1 N–H and O–H groups in total. The van der Waals surface area contributed by atoms with E-state index in [9.17, 15) is 4.39 Å². The average Bonchev–Trinajstić information content (AvgIpc) is 2.74. The maximum Gasteiger partial charge on any atom is 0.161 e. The maximum atomic E-state index is 13.1. The lowest BCUT2D eigenvalue weighted by Gasteiger charge is -2.15. The molecule has 0 fully saturated rings. The Bertz CT molecular complexity index is 889. The number of ether oxygens (including phenoxy) is 2. The van der Waals surface area contributed by atoms with Gasteiger partial charge in [0.15, 0.2) is 11.5 Å². The molecule has 4 heteroatoms. The normalized spacial score (nSPS) is 10.7. The van der Waals surface area contributed by atoms with E-state index in [1.165, 1.54) is 17.7 Å². The van der Waals surface area contributed by atoms with E-state index in [1.807, 2.05) is 18.2 Å². The summed E-state index contributed by atoms with van der Waals surface area (Å²) in [5, 5.41) is 9.00. The number of aliphatic hydroxyl groups excluding tert-OH is 1. The van der Waals surface area contributed by atoms with Crippen LogP contribution in [0.25, 0.3) is 0 Å². The second kappa shape index (κ2) is 10.6. The Morgan fingerprint density at radius 1 is 0.724 bits per heavy atom. The molecule has 0 radical (unpaired) electrons. The van der Waals surface area contributed by atoms with Crippen LogP contribution < -0.4 is 9.47 Å². The van der Waals surface area contributed by atoms with Gasteiger partial charge in [-0.05, 0) is 67.1 Å². The van der Waals surface area contributed by atoms with Crippen molar-refractivity contribution >= 4 is 0 Å². The lowest BCUT2D eigenvalue weighted by molar-refractivity contribution is 0.255. The van der Waals surface area contributed by atoms with Crippen LogP contribution in [0.3, 0.4) is 0 Å². The quantitative estimate of drug-likeness (QED) is 0.455. The van der Waals surface area contributed by atoms with E-state index >= 15 is 0 Å². The van der Waals surface area contributed by atoms with Gasteiger partial charge in [-0.25, -0.2) is 4.39 Å². The van der Waals surface area contributed by atoms with Crippen LogP contribution in [0.1, 0.15) is 35.1 Å². The standard InChI is InChI=1S/C25H27FO3/c1-19-5-7-21(8-6-19)18-29-25-16-20(4-2-3-15-27)11-14-24(25)28-17-22-9-12-23(26)13-10-22/h5-14,16,27H,2-4,15,17-18H2,1H3. The smallest absolute Gasteiger partial charge is 0.161 e. The molecule has 3 aromatic carbocycles.